The standard InChI is InChI=1S/C13H6N2O4/c16-6-14-10-3-1-2-8-9(13(18)19)4-5-11(12(8)10)15-7-17/h1-5H,(H,18,19). The second kappa shape index (κ2) is 5.06. The molecule has 2 aromatic rings. The van der Waals surface area contributed by atoms with Gasteiger partial charge in [0.05, 0.1) is 16.9 Å². The highest BCUT2D eigenvalue weighted by atomic mass is 16.4. The summed E-state index contributed by atoms with van der Waals surface area (Å²) in [7, 11) is 0. The van der Waals surface area contributed by atoms with Crippen molar-refractivity contribution in [3.63, 3.8) is 0 Å². The van der Waals surface area contributed by atoms with Gasteiger partial charge in [0, 0.05) is 10.8 Å². The number of aliphatic imine (C=N–C) groups is 2. The van der Waals surface area contributed by atoms with Crippen molar-refractivity contribution >= 4 is 40.3 Å². The number of isocyanates is 2. The largest absolute Gasteiger partial charge is 0.478 e. The molecule has 19 heavy (non-hydrogen) atoms. The minimum atomic E-state index is -1.13. The van der Waals surface area contributed by atoms with Crippen molar-refractivity contribution < 1.29 is 19.5 Å². The second-order valence-electron chi connectivity index (χ2n) is 3.54. The van der Waals surface area contributed by atoms with Crippen molar-refractivity contribution in [1.82, 2.24) is 0 Å². The van der Waals surface area contributed by atoms with Crippen molar-refractivity contribution in [1.29, 1.82) is 0 Å². The minimum Gasteiger partial charge on any atom is -0.478 e. The lowest BCUT2D eigenvalue weighted by atomic mass is 10.0. The first kappa shape index (κ1) is 12.4. The lowest BCUT2D eigenvalue weighted by molar-refractivity contribution is 0.0699. The number of carbonyl (C=O) groups is 1. The van der Waals surface area contributed by atoms with Crippen LogP contribution in [-0.4, -0.2) is 23.2 Å². The van der Waals surface area contributed by atoms with Crippen LogP contribution in [-0.2, 0) is 9.59 Å². The van der Waals surface area contributed by atoms with Gasteiger partial charge in [0.1, 0.15) is 0 Å². The fraction of sp³-hybridized carbons (Fsp3) is 0. The summed E-state index contributed by atoms with van der Waals surface area (Å²) < 4.78 is 0. The highest BCUT2D eigenvalue weighted by Crippen LogP contribution is 2.35. The van der Waals surface area contributed by atoms with Gasteiger partial charge in [-0.1, -0.05) is 12.1 Å². The van der Waals surface area contributed by atoms with Crippen molar-refractivity contribution in [3.05, 3.63) is 35.9 Å². The van der Waals surface area contributed by atoms with Crippen LogP contribution in [0.1, 0.15) is 10.4 Å². The number of hydrogen-bond donors (Lipinski definition) is 1. The Balaban J connectivity index is 3.00. The highest BCUT2D eigenvalue weighted by Gasteiger charge is 2.13. The Morgan fingerprint density at radius 3 is 2.21 bits per heavy atom. The number of carbonyl (C=O) groups excluding carboxylic acids is 2. The molecule has 0 heterocycles. The topological polar surface area (TPSA) is 96.2 Å². The predicted molar refractivity (Wildman–Crippen MR) is 66.5 cm³/mol. The summed E-state index contributed by atoms with van der Waals surface area (Å²) in [4.78, 5) is 38.9. The molecule has 6 heteroatoms. The zero-order chi connectivity index (χ0) is 13.8. The Hall–Kier alpha value is -3.07. The van der Waals surface area contributed by atoms with E-state index < -0.39 is 5.97 Å². The van der Waals surface area contributed by atoms with Crippen LogP contribution in [0.3, 0.4) is 0 Å². The molecule has 0 unspecified atom stereocenters. The van der Waals surface area contributed by atoms with Crippen LogP contribution in [0, 0.1) is 0 Å². The van der Waals surface area contributed by atoms with E-state index in [-0.39, 0.29) is 16.9 Å². The molecule has 1 N–H and O–H groups in total. The lowest BCUT2D eigenvalue weighted by Crippen LogP contribution is -1.97. The summed E-state index contributed by atoms with van der Waals surface area (Å²) >= 11 is 0. The number of carboxylic acids is 1. The summed E-state index contributed by atoms with van der Waals surface area (Å²) in [6.07, 6.45) is 2.76. The summed E-state index contributed by atoms with van der Waals surface area (Å²) in [6, 6.07) is 7.30. The van der Waals surface area contributed by atoms with Crippen LogP contribution in [0.4, 0.5) is 11.4 Å². The van der Waals surface area contributed by atoms with Crippen molar-refractivity contribution in [2.45, 2.75) is 0 Å². The number of nitrogens with zero attached hydrogens (tertiary/aromatic N) is 2. The zero-order valence-electron chi connectivity index (χ0n) is 9.45. The van der Waals surface area contributed by atoms with E-state index in [0.717, 1.165) is 0 Å². The van der Waals surface area contributed by atoms with E-state index in [0.29, 0.717) is 10.8 Å². The van der Waals surface area contributed by atoms with Crippen molar-refractivity contribution in [2.75, 3.05) is 0 Å². The SMILES string of the molecule is O=C=Nc1cccc2c(C(=O)O)ccc(N=C=O)c12. The van der Waals surface area contributed by atoms with Gasteiger partial charge in [0.15, 0.2) is 0 Å². The first-order valence-electron chi connectivity index (χ1n) is 5.14. The second-order valence-corrected chi connectivity index (χ2v) is 3.54. The van der Waals surface area contributed by atoms with E-state index in [4.69, 9.17) is 5.11 Å². The van der Waals surface area contributed by atoms with Crippen LogP contribution in [0.5, 0.6) is 0 Å². The van der Waals surface area contributed by atoms with Gasteiger partial charge in [-0.2, -0.15) is 9.98 Å². The quantitative estimate of drug-likeness (QED) is 0.672. The van der Waals surface area contributed by atoms with Gasteiger partial charge < -0.3 is 5.11 Å². The predicted octanol–water partition coefficient (Wildman–Crippen LogP) is 2.47. The summed E-state index contributed by atoms with van der Waals surface area (Å²) in [5, 5.41) is 9.74. The van der Waals surface area contributed by atoms with Gasteiger partial charge in [-0.15, -0.1) is 0 Å². The van der Waals surface area contributed by atoms with E-state index in [1.807, 2.05) is 0 Å². The Morgan fingerprint density at radius 2 is 1.63 bits per heavy atom. The van der Waals surface area contributed by atoms with Gasteiger partial charge >= 0.3 is 5.97 Å². The molecule has 0 aliphatic rings. The van der Waals surface area contributed by atoms with Crippen molar-refractivity contribution in [3.8, 4) is 0 Å². The van der Waals surface area contributed by atoms with Gasteiger partial charge in [0.2, 0.25) is 12.2 Å². The fourth-order valence-electron chi connectivity index (χ4n) is 1.84. The molecule has 0 saturated carbocycles. The third kappa shape index (κ3) is 2.17. The fourth-order valence-corrected chi connectivity index (χ4v) is 1.84. The molecule has 92 valence electrons. The number of aromatic carboxylic acids is 1. The molecule has 2 aromatic carbocycles. The van der Waals surface area contributed by atoms with Crippen LogP contribution in [0.2, 0.25) is 0 Å². The summed E-state index contributed by atoms with van der Waals surface area (Å²) in [5.41, 5.74) is 0.428. The molecular weight excluding hydrogens is 248 g/mol. The Labute approximate surface area is 106 Å². The van der Waals surface area contributed by atoms with Crippen molar-refractivity contribution in [2.24, 2.45) is 9.98 Å². The van der Waals surface area contributed by atoms with E-state index in [9.17, 15) is 14.4 Å². The third-order valence-corrected chi connectivity index (χ3v) is 2.56. The number of rotatable bonds is 3. The average molecular weight is 254 g/mol. The molecule has 0 aliphatic carbocycles. The molecule has 0 amide bonds. The molecule has 0 saturated heterocycles. The Morgan fingerprint density at radius 1 is 1.00 bits per heavy atom. The third-order valence-electron chi connectivity index (χ3n) is 2.56. The Kier molecular flexibility index (Phi) is 3.30. The molecule has 0 radical (unpaired) electrons. The molecule has 0 atom stereocenters. The maximum absolute atomic E-state index is 11.1. The van der Waals surface area contributed by atoms with Gasteiger partial charge in [0.25, 0.3) is 0 Å². The van der Waals surface area contributed by atoms with Gasteiger partial charge in [-0.25, -0.2) is 14.4 Å². The van der Waals surface area contributed by atoms with Crippen LogP contribution < -0.4 is 0 Å². The van der Waals surface area contributed by atoms with Crippen LogP contribution in [0.25, 0.3) is 10.8 Å². The molecule has 0 fully saturated rings. The molecule has 0 aliphatic heterocycles. The molecule has 2 rings (SSSR count). The Bertz CT molecular complexity index is 745. The lowest BCUT2D eigenvalue weighted by Gasteiger charge is -2.06. The van der Waals surface area contributed by atoms with Crippen LogP contribution in [0.15, 0.2) is 40.3 Å². The molecule has 0 spiro atoms. The number of fused-ring (bicyclic) bond motifs is 1. The number of benzene rings is 2. The summed E-state index contributed by atoms with van der Waals surface area (Å²) in [5.74, 6) is -1.13. The zero-order valence-corrected chi connectivity index (χ0v) is 9.45. The molecule has 0 bridgehead atoms. The first-order chi connectivity index (χ1) is 9.19. The smallest absolute Gasteiger partial charge is 0.336 e. The van der Waals surface area contributed by atoms with E-state index in [1.165, 1.54) is 30.4 Å². The monoisotopic (exact) mass is 254 g/mol. The maximum atomic E-state index is 11.1. The average Bonchev–Trinajstić information content (AvgIpc) is 2.39. The van der Waals surface area contributed by atoms with Crippen LogP contribution >= 0.6 is 0 Å². The molecular formula is C13H6N2O4. The minimum absolute atomic E-state index is 0.0304. The molecule has 6 nitrogen and oxygen atoms in total. The molecule has 0 aromatic heterocycles. The van der Waals surface area contributed by atoms with Gasteiger partial charge in [-0.05, 0) is 18.2 Å². The number of carboxylic acid groups (broad SMARTS) is 1. The maximum Gasteiger partial charge on any atom is 0.336 e. The highest BCUT2D eigenvalue weighted by molar-refractivity contribution is 6.11. The first-order valence-corrected chi connectivity index (χ1v) is 5.14. The van der Waals surface area contributed by atoms with Gasteiger partial charge in [-0.3, -0.25) is 0 Å². The number of hydrogen-bond acceptors (Lipinski definition) is 5. The van der Waals surface area contributed by atoms with E-state index in [2.05, 4.69) is 9.98 Å². The van der Waals surface area contributed by atoms with E-state index >= 15 is 0 Å². The summed E-state index contributed by atoms with van der Waals surface area (Å²) in [6.45, 7) is 0. The van der Waals surface area contributed by atoms with E-state index in [1.54, 1.807) is 12.1 Å². The normalized spacial score (nSPS) is 9.47.